The van der Waals surface area contributed by atoms with Crippen LogP contribution in [-0.2, 0) is 4.74 Å². The smallest absolute Gasteiger partial charge is 0.0596 e. The van der Waals surface area contributed by atoms with Gasteiger partial charge in [0.2, 0.25) is 0 Å². The molecule has 0 bridgehead atoms. The first-order valence-electron chi connectivity index (χ1n) is 4.07. The minimum Gasteiger partial charge on any atom is -0.399 e. The molecule has 0 spiro atoms. The van der Waals surface area contributed by atoms with E-state index in [2.05, 4.69) is 4.72 Å². The first-order valence-corrected chi connectivity index (χ1v) is 4.89. The molecular weight excluding hydrogens is 184 g/mol. The van der Waals surface area contributed by atoms with E-state index in [0.717, 1.165) is 23.7 Å². The highest BCUT2D eigenvalue weighted by molar-refractivity contribution is 7.97. The highest BCUT2D eigenvalue weighted by Gasteiger charge is 1.93. The van der Waals surface area contributed by atoms with E-state index in [9.17, 15) is 0 Å². The molecule has 0 radical (unpaired) electrons. The van der Waals surface area contributed by atoms with Gasteiger partial charge in [0, 0.05) is 24.2 Å². The van der Waals surface area contributed by atoms with Crippen LogP contribution in [0.2, 0.25) is 0 Å². The largest absolute Gasteiger partial charge is 0.399 e. The van der Waals surface area contributed by atoms with Crippen LogP contribution in [0, 0.1) is 0 Å². The van der Waals surface area contributed by atoms with Crippen molar-refractivity contribution in [2.24, 2.45) is 0 Å². The summed E-state index contributed by atoms with van der Waals surface area (Å²) in [5.74, 6) is 0. The minimum atomic E-state index is 0.718. The summed E-state index contributed by atoms with van der Waals surface area (Å²) in [6, 6.07) is 7.76. The van der Waals surface area contributed by atoms with Gasteiger partial charge in [-0.3, -0.25) is 4.72 Å². The Balaban J connectivity index is 2.28. The lowest BCUT2D eigenvalue weighted by Crippen LogP contribution is -2.10. The lowest BCUT2D eigenvalue weighted by Gasteiger charge is -2.03. The first kappa shape index (κ1) is 10.4. The van der Waals surface area contributed by atoms with Crippen molar-refractivity contribution in [1.29, 1.82) is 0 Å². The highest BCUT2D eigenvalue weighted by Crippen LogP contribution is 2.16. The Bertz CT molecular complexity index is 255. The molecule has 1 aromatic carbocycles. The van der Waals surface area contributed by atoms with Gasteiger partial charge in [-0.25, -0.2) is 0 Å². The maximum atomic E-state index is 5.62. The third-order valence-corrected chi connectivity index (χ3v) is 2.29. The van der Waals surface area contributed by atoms with Crippen LogP contribution in [0.15, 0.2) is 29.2 Å². The van der Waals surface area contributed by atoms with Crippen molar-refractivity contribution < 1.29 is 4.74 Å². The Kier molecular flexibility index (Phi) is 4.67. The Morgan fingerprint density at radius 2 is 2.38 bits per heavy atom. The van der Waals surface area contributed by atoms with Crippen molar-refractivity contribution in [3.63, 3.8) is 0 Å². The van der Waals surface area contributed by atoms with Gasteiger partial charge in [-0.2, -0.15) is 0 Å². The molecule has 3 nitrogen and oxygen atoms in total. The number of rotatable bonds is 5. The summed E-state index contributed by atoms with van der Waals surface area (Å²) >= 11 is 1.56. The molecule has 0 aromatic heterocycles. The molecule has 72 valence electrons. The zero-order valence-electron chi connectivity index (χ0n) is 7.62. The van der Waals surface area contributed by atoms with E-state index in [0.29, 0.717) is 0 Å². The van der Waals surface area contributed by atoms with Crippen molar-refractivity contribution in [2.75, 3.05) is 26.0 Å². The average molecular weight is 198 g/mol. The van der Waals surface area contributed by atoms with Gasteiger partial charge < -0.3 is 10.5 Å². The number of anilines is 1. The summed E-state index contributed by atoms with van der Waals surface area (Å²) in [6.07, 6.45) is 0. The third-order valence-electron chi connectivity index (χ3n) is 1.46. The van der Waals surface area contributed by atoms with Gasteiger partial charge in [-0.05, 0) is 30.1 Å². The number of nitrogens with one attached hydrogen (secondary N) is 1. The maximum Gasteiger partial charge on any atom is 0.0596 e. The molecule has 0 atom stereocenters. The van der Waals surface area contributed by atoms with E-state index in [1.54, 1.807) is 19.1 Å². The SMILES string of the molecule is COCCNSc1cccc(N)c1. The summed E-state index contributed by atoms with van der Waals surface area (Å²) in [5.41, 5.74) is 6.41. The van der Waals surface area contributed by atoms with Gasteiger partial charge in [0.05, 0.1) is 6.61 Å². The molecular formula is C9H14N2OS. The van der Waals surface area contributed by atoms with Gasteiger partial charge in [0.1, 0.15) is 0 Å². The molecule has 0 aliphatic rings. The summed E-state index contributed by atoms with van der Waals surface area (Å²) < 4.78 is 8.07. The zero-order chi connectivity index (χ0) is 9.52. The number of nitrogen functional groups attached to an aromatic ring is 1. The maximum absolute atomic E-state index is 5.62. The van der Waals surface area contributed by atoms with Crippen LogP contribution in [0.1, 0.15) is 0 Å². The van der Waals surface area contributed by atoms with Crippen LogP contribution >= 0.6 is 11.9 Å². The summed E-state index contributed by atoms with van der Waals surface area (Å²) in [5, 5.41) is 0. The number of methoxy groups -OCH3 is 1. The molecule has 0 amide bonds. The van der Waals surface area contributed by atoms with E-state index in [1.807, 2.05) is 24.3 Å². The second-order valence-electron chi connectivity index (χ2n) is 2.56. The van der Waals surface area contributed by atoms with Crippen molar-refractivity contribution >= 4 is 17.6 Å². The Morgan fingerprint density at radius 3 is 3.08 bits per heavy atom. The Labute approximate surface area is 82.8 Å². The fourth-order valence-electron chi connectivity index (χ4n) is 0.856. The molecule has 0 fully saturated rings. The predicted molar refractivity (Wildman–Crippen MR) is 56.6 cm³/mol. The monoisotopic (exact) mass is 198 g/mol. The number of hydrogen-bond acceptors (Lipinski definition) is 4. The van der Waals surface area contributed by atoms with Crippen molar-refractivity contribution in [2.45, 2.75) is 4.90 Å². The molecule has 4 heteroatoms. The standard InChI is InChI=1S/C9H14N2OS/c1-12-6-5-11-13-9-4-2-3-8(10)7-9/h2-4,7,11H,5-6,10H2,1H3. The van der Waals surface area contributed by atoms with E-state index in [-0.39, 0.29) is 0 Å². The second-order valence-corrected chi connectivity index (χ2v) is 3.53. The van der Waals surface area contributed by atoms with Gasteiger partial charge >= 0.3 is 0 Å². The van der Waals surface area contributed by atoms with Crippen LogP contribution < -0.4 is 10.5 Å². The summed E-state index contributed by atoms with van der Waals surface area (Å²) in [6.45, 7) is 1.55. The van der Waals surface area contributed by atoms with Gasteiger partial charge in [-0.15, -0.1) is 0 Å². The normalized spacial score (nSPS) is 10.2. The van der Waals surface area contributed by atoms with E-state index < -0.39 is 0 Å². The third kappa shape index (κ3) is 4.17. The summed E-state index contributed by atoms with van der Waals surface area (Å²) in [7, 11) is 1.69. The van der Waals surface area contributed by atoms with Crippen LogP contribution in [0.25, 0.3) is 0 Å². The molecule has 0 aliphatic carbocycles. The number of hydrogen-bond donors (Lipinski definition) is 2. The van der Waals surface area contributed by atoms with Crippen molar-refractivity contribution in [3.05, 3.63) is 24.3 Å². The Hall–Kier alpha value is -0.710. The van der Waals surface area contributed by atoms with Gasteiger partial charge in [-0.1, -0.05) is 6.07 Å². The fourth-order valence-corrected chi connectivity index (χ4v) is 1.55. The lowest BCUT2D eigenvalue weighted by atomic mass is 10.3. The number of nitrogens with two attached hydrogens (primary N) is 1. The minimum absolute atomic E-state index is 0.718. The number of ether oxygens (including phenoxy) is 1. The van der Waals surface area contributed by atoms with E-state index in [1.165, 1.54) is 0 Å². The average Bonchev–Trinajstić information content (AvgIpc) is 2.13. The van der Waals surface area contributed by atoms with Crippen LogP contribution in [-0.4, -0.2) is 20.3 Å². The van der Waals surface area contributed by atoms with Crippen LogP contribution in [0.5, 0.6) is 0 Å². The second kappa shape index (κ2) is 5.85. The van der Waals surface area contributed by atoms with Gasteiger partial charge in [0.25, 0.3) is 0 Å². The molecule has 3 N–H and O–H groups in total. The van der Waals surface area contributed by atoms with Gasteiger partial charge in [0.15, 0.2) is 0 Å². The first-order chi connectivity index (χ1) is 6.33. The topological polar surface area (TPSA) is 47.3 Å². The Morgan fingerprint density at radius 1 is 1.54 bits per heavy atom. The van der Waals surface area contributed by atoms with Crippen LogP contribution in [0.4, 0.5) is 5.69 Å². The predicted octanol–water partition coefficient (Wildman–Crippen LogP) is 1.51. The van der Waals surface area contributed by atoms with Crippen LogP contribution in [0.3, 0.4) is 0 Å². The quantitative estimate of drug-likeness (QED) is 0.428. The van der Waals surface area contributed by atoms with Crippen molar-refractivity contribution in [1.82, 2.24) is 4.72 Å². The van der Waals surface area contributed by atoms with E-state index in [4.69, 9.17) is 10.5 Å². The fraction of sp³-hybridized carbons (Fsp3) is 0.333. The number of benzene rings is 1. The zero-order valence-corrected chi connectivity index (χ0v) is 8.43. The molecule has 0 saturated carbocycles. The molecule has 0 unspecified atom stereocenters. The molecule has 1 aromatic rings. The molecule has 0 heterocycles. The molecule has 1 rings (SSSR count). The molecule has 13 heavy (non-hydrogen) atoms. The van der Waals surface area contributed by atoms with E-state index >= 15 is 0 Å². The van der Waals surface area contributed by atoms with Crippen molar-refractivity contribution in [3.8, 4) is 0 Å². The lowest BCUT2D eigenvalue weighted by molar-refractivity contribution is 0.205. The molecule has 0 aliphatic heterocycles. The highest BCUT2D eigenvalue weighted by atomic mass is 32.2. The summed E-state index contributed by atoms with van der Waals surface area (Å²) in [4.78, 5) is 1.12. The molecule has 0 saturated heterocycles.